The fraction of sp³-hybridized carbons (Fsp3) is 0.350. The van der Waals surface area contributed by atoms with Gasteiger partial charge in [0.15, 0.2) is 11.0 Å². The molecule has 0 amide bonds. The molecule has 2 aromatic carbocycles. The van der Waals surface area contributed by atoms with E-state index in [9.17, 15) is 0 Å². The second-order valence-corrected chi connectivity index (χ2v) is 7.20. The molecule has 2 nitrogen and oxygen atoms in total. The normalized spacial score (nSPS) is 12.1. The van der Waals surface area contributed by atoms with Crippen molar-refractivity contribution in [2.75, 3.05) is 0 Å². The number of hydrogen-bond donors (Lipinski definition) is 0. The van der Waals surface area contributed by atoms with Crippen LogP contribution in [0.2, 0.25) is 0 Å². The lowest BCUT2D eigenvalue weighted by Crippen LogP contribution is -2.39. The number of benzene rings is 2. The Morgan fingerprint density at radius 3 is 2.05 bits per heavy atom. The minimum Gasteiger partial charge on any atom is -0.229 e. The highest BCUT2D eigenvalue weighted by Gasteiger charge is 2.34. The van der Waals surface area contributed by atoms with Gasteiger partial charge in [0, 0.05) is 0 Å². The van der Waals surface area contributed by atoms with Gasteiger partial charge in [-0.25, -0.2) is 4.57 Å². The number of aryl methyl sites for hydroxylation is 3. The molecule has 0 radical (unpaired) electrons. The van der Waals surface area contributed by atoms with E-state index in [-0.39, 0.29) is 5.41 Å². The Balaban J connectivity index is 2.53. The van der Waals surface area contributed by atoms with E-state index in [1.165, 1.54) is 33.7 Å². The molecule has 0 saturated carbocycles. The van der Waals surface area contributed by atoms with E-state index in [0.717, 1.165) is 0 Å². The van der Waals surface area contributed by atoms with Gasteiger partial charge in [-0.2, -0.15) is 4.57 Å². The van der Waals surface area contributed by atoms with E-state index in [2.05, 4.69) is 93.3 Å². The average molecular weight is 293 g/mol. The maximum atomic E-state index is 2.44. The SMILES string of the molecule is Cc1cccc(C)c1-n1c(C(C)(C)C)[n+](C)c2ccccc21. The first-order valence-electron chi connectivity index (χ1n) is 7.89. The fourth-order valence-corrected chi connectivity index (χ4v) is 3.54. The number of imidazole rings is 1. The molecule has 0 saturated heterocycles. The van der Waals surface area contributed by atoms with Crippen molar-refractivity contribution in [3.05, 3.63) is 59.4 Å². The summed E-state index contributed by atoms with van der Waals surface area (Å²) in [5.41, 5.74) is 6.54. The van der Waals surface area contributed by atoms with E-state index in [0.29, 0.717) is 0 Å². The monoisotopic (exact) mass is 293 g/mol. The van der Waals surface area contributed by atoms with Crippen molar-refractivity contribution in [2.45, 2.75) is 40.0 Å². The van der Waals surface area contributed by atoms with Crippen molar-refractivity contribution >= 4 is 11.0 Å². The third-order valence-electron chi connectivity index (χ3n) is 4.35. The smallest absolute Gasteiger partial charge is 0.229 e. The van der Waals surface area contributed by atoms with Gasteiger partial charge in [-0.1, -0.05) is 30.3 Å². The highest BCUT2D eigenvalue weighted by molar-refractivity contribution is 5.76. The Kier molecular flexibility index (Phi) is 3.36. The van der Waals surface area contributed by atoms with Crippen LogP contribution in [0.3, 0.4) is 0 Å². The zero-order valence-electron chi connectivity index (χ0n) is 14.4. The highest BCUT2D eigenvalue weighted by Crippen LogP contribution is 2.30. The quantitative estimate of drug-likeness (QED) is 0.589. The Morgan fingerprint density at radius 2 is 1.45 bits per heavy atom. The van der Waals surface area contributed by atoms with Crippen molar-refractivity contribution in [3.63, 3.8) is 0 Å². The second kappa shape index (κ2) is 4.98. The van der Waals surface area contributed by atoms with Crippen molar-refractivity contribution in [1.29, 1.82) is 0 Å². The van der Waals surface area contributed by atoms with E-state index >= 15 is 0 Å². The van der Waals surface area contributed by atoms with Crippen LogP contribution in [-0.4, -0.2) is 4.57 Å². The second-order valence-electron chi connectivity index (χ2n) is 7.20. The van der Waals surface area contributed by atoms with E-state index < -0.39 is 0 Å². The predicted molar refractivity (Wildman–Crippen MR) is 92.6 cm³/mol. The molecule has 3 rings (SSSR count). The molecule has 114 valence electrons. The molecular formula is C20H25N2+. The highest BCUT2D eigenvalue weighted by atomic mass is 15.2. The maximum Gasteiger partial charge on any atom is 0.267 e. The minimum absolute atomic E-state index is 0.0580. The first kappa shape index (κ1) is 14.8. The van der Waals surface area contributed by atoms with Gasteiger partial charge < -0.3 is 0 Å². The molecule has 0 aliphatic heterocycles. The zero-order chi connectivity index (χ0) is 16.1. The van der Waals surface area contributed by atoms with E-state index in [1.807, 2.05) is 0 Å². The summed E-state index contributed by atoms with van der Waals surface area (Å²) in [5.74, 6) is 1.33. The number of fused-ring (bicyclic) bond motifs is 1. The summed E-state index contributed by atoms with van der Waals surface area (Å²) in [4.78, 5) is 0. The molecule has 1 aromatic heterocycles. The van der Waals surface area contributed by atoms with E-state index in [4.69, 9.17) is 0 Å². The summed E-state index contributed by atoms with van der Waals surface area (Å²) in [6.45, 7) is 11.2. The molecule has 1 heterocycles. The summed E-state index contributed by atoms with van der Waals surface area (Å²) in [6.07, 6.45) is 0. The van der Waals surface area contributed by atoms with Crippen LogP contribution in [0.1, 0.15) is 37.7 Å². The summed E-state index contributed by atoms with van der Waals surface area (Å²) in [6, 6.07) is 15.2. The molecule has 2 heteroatoms. The van der Waals surface area contributed by atoms with E-state index in [1.54, 1.807) is 0 Å². The topological polar surface area (TPSA) is 8.81 Å². The summed E-state index contributed by atoms with van der Waals surface area (Å²) in [7, 11) is 2.17. The summed E-state index contributed by atoms with van der Waals surface area (Å²) in [5, 5.41) is 0. The lowest BCUT2D eigenvalue weighted by molar-refractivity contribution is -0.657. The van der Waals surface area contributed by atoms with Crippen LogP contribution < -0.4 is 4.57 Å². The lowest BCUT2D eigenvalue weighted by Gasteiger charge is -2.17. The van der Waals surface area contributed by atoms with Crippen molar-refractivity contribution < 1.29 is 4.57 Å². The lowest BCUT2D eigenvalue weighted by atomic mass is 9.94. The molecule has 0 aliphatic rings. The molecule has 0 N–H and O–H groups in total. The fourth-order valence-electron chi connectivity index (χ4n) is 3.54. The van der Waals surface area contributed by atoms with Gasteiger partial charge in [0.05, 0.1) is 12.5 Å². The van der Waals surface area contributed by atoms with Crippen LogP contribution in [0.4, 0.5) is 0 Å². The Hall–Kier alpha value is -2.09. The van der Waals surface area contributed by atoms with Crippen molar-refractivity contribution in [1.82, 2.24) is 4.57 Å². The first-order chi connectivity index (χ1) is 10.3. The first-order valence-corrected chi connectivity index (χ1v) is 7.89. The maximum absolute atomic E-state index is 2.44. The number of aromatic nitrogens is 2. The van der Waals surface area contributed by atoms with Gasteiger partial charge in [0.25, 0.3) is 5.82 Å². The van der Waals surface area contributed by atoms with Crippen LogP contribution >= 0.6 is 0 Å². The Labute approximate surface area is 133 Å². The standard InChI is InChI=1S/C20H25N2/c1-14-10-9-11-15(2)18(14)22-17-13-8-7-12-16(17)21(6)19(22)20(3,4)5/h7-13H,1-6H3/q+1. The molecule has 0 spiro atoms. The molecule has 22 heavy (non-hydrogen) atoms. The molecule has 3 aromatic rings. The molecule has 0 unspecified atom stereocenters. The van der Waals surface area contributed by atoms with Crippen LogP contribution in [0.25, 0.3) is 16.7 Å². The number of hydrogen-bond acceptors (Lipinski definition) is 0. The number of nitrogens with zero attached hydrogens (tertiary/aromatic N) is 2. The van der Waals surface area contributed by atoms with Gasteiger partial charge in [0.2, 0.25) is 0 Å². The number of para-hydroxylation sites is 3. The van der Waals surface area contributed by atoms with Gasteiger partial charge in [-0.05, 0) is 57.9 Å². The molecular weight excluding hydrogens is 268 g/mol. The third-order valence-corrected chi connectivity index (χ3v) is 4.35. The van der Waals surface area contributed by atoms with Gasteiger partial charge in [-0.3, -0.25) is 0 Å². The summed E-state index contributed by atoms with van der Waals surface area (Å²) < 4.78 is 4.78. The average Bonchev–Trinajstić information content (AvgIpc) is 2.73. The number of rotatable bonds is 1. The van der Waals surface area contributed by atoms with Crippen LogP contribution in [-0.2, 0) is 12.5 Å². The predicted octanol–water partition coefficient (Wildman–Crippen LogP) is 4.37. The van der Waals surface area contributed by atoms with Crippen LogP contribution in [0.5, 0.6) is 0 Å². The Morgan fingerprint density at radius 1 is 0.864 bits per heavy atom. The summed E-state index contributed by atoms with van der Waals surface area (Å²) >= 11 is 0. The van der Waals surface area contributed by atoms with Gasteiger partial charge >= 0.3 is 0 Å². The molecule has 0 fully saturated rings. The Bertz CT molecular complexity index is 828. The minimum atomic E-state index is 0.0580. The van der Waals surface area contributed by atoms with Crippen molar-refractivity contribution in [2.24, 2.45) is 7.05 Å². The van der Waals surface area contributed by atoms with Gasteiger partial charge in [0.1, 0.15) is 5.69 Å². The molecule has 0 atom stereocenters. The van der Waals surface area contributed by atoms with Crippen LogP contribution in [0.15, 0.2) is 42.5 Å². The van der Waals surface area contributed by atoms with Gasteiger partial charge in [-0.15, -0.1) is 0 Å². The van der Waals surface area contributed by atoms with Crippen LogP contribution in [0, 0.1) is 13.8 Å². The third kappa shape index (κ3) is 2.14. The molecule has 0 bridgehead atoms. The zero-order valence-corrected chi connectivity index (χ0v) is 14.4. The van der Waals surface area contributed by atoms with Crippen molar-refractivity contribution in [3.8, 4) is 5.69 Å². The largest absolute Gasteiger partial charge is 0.267 e. The molecule has 0 aliphatic carbocycles.